The van der Waals surface area contributed by atoms with Crippen LogP contribution < -0.4 is 0 Å². The molecule has 2 aliphatic heterocycles. The van der Waals surface area contributed by atoms with Gasteiger partial charge in [-0.15, -0.1) is 0 Å². The van der Waals surface area contributed by atoms with Gasteiger partial charge in [-0.2, -0.15) is 0 Å². The van der Waals surface area contributed by atoms with Crippen LogP contribution in [-0.4, -0.2) is 40.2 Å². The van der Waals surface area contributed by atoms with Crippen LogP contribution in [0.4, 0.5) is 5.69 Å². The zero-order valence-corrected chi connectivity index (χ0v) is 21.6. The van der Waals surface area contributed by atoms with Gasteiger partial charge in [0.25, 0.3) is 5.69 Å². The predicted octanol–water partition coefficient (Wildman–Crippen LogP) is 6.23. The molecule has 0 bridgehead atoms. The van der Waals surface area contributed by atoms with Crippen LogP contribution in [0.2, 0.25) is 0 Å². The summed E-state index contributed by atoms with van der Waals surface area (Å²) in [5, 5.41) is 11.9. The van der Waals surface area contributed by atoms with Crippen molar-refractivity contribution in [2.24, 2.45) is 10.9 Å². The summed E-state index contributed by atoms with van der Waals surface area (Å²) in [4.78, 5) is 31.7. The quantitative estimate of drug-likeness (QED) is 0.217. The zero-order valence-electron chi connectivity index (χ0n) is 20.8. The minimum atomic E-state index is -0.411. The number of carbonyl (C=O) groups is 1. The van der Waals surface area contributed by atoms with Crippen molar-refractivity contribution in [3.63, 3.8) is 0 Å². The largest absolute Gasteiger partial charge is 0.466 e. The van der Waals surface area contributed by atoms with Gasteiger partial charge in [-0.05, 0) is 56.2 Å². The van der Waals surface area contributed by atoms with E-state index in [-0.39, 0.29) is 23.7 Å². The first-order valence-electron chi connectivity index (χ1n) is 12.2. The number of rotatable bonds is 6. The minimum absolute atomic E-state index is 0.0539. The second-order valence-corrected chi connectivity index (χ2v) is 10.2. The van der Waals surface area contributed by atoms with Crippen LogP contribution in [0.5, 0.6) is 0 Å². The molecule has 1 saturated heterocycles. The van der Waals surface area contributed by atoms with E-state index in [1.165, 1.54) is 6.07 Å². The lowest BCUT2D eigenvalue weighted by Gasteiger charge is -2.40. The van der Waals surface area contributed by atoms with Crippen molar-refractivity contribution in [1.29, 1.82) is 0 Å². The molecule has 1 aromatic heterocycles. The molecule has 190 valence electrons. The molecule has 0 saturated carbocycles. The third kappa shape index (κ3) is 4.91. The maximum Gasteiger partial charge on any atom is 0.313 e. The Balaban J connectivity index is 1.43. The Morgan fingerprint density at radius 2 is 2.03 bits per heavy atom. The van der Waals surface area contributed by atoms with Crippen molar-refractivity contribution in [3.8, 4) is 11.3 Å². The monoisotopic (exact) mass is 517 g/mol. The molecular formula is C28H27N3O5S. The number of aliphatic imine (C=N–C) groups is 1. The highest BCUT2D eigenvalue weighted by Gasteiger charge is 2.46. The second kappa shape index (κ2) is 10.3. The fourth-order valence-electron chi connectivity index (χ4n) is 4.92. The van der Waals surface area contributed by atoms with E-state index in [1.54, 1.807) is 23.9 Å². The SMILES string of the molecule is CCOC(=O)C1C(C)N=C2S/C(=C\c3ccc(-c4ccc([N+](=O)[O-])cc4C)o3)CN2C1c1ccccc1. The molecule has 3 atom stereocenters. The third-order valence-electron chi connectivity index (χ3n) is 6.62. The average Bonchev–Trinajstić information content (AvgIpc) is 3.50. The van der Waals surface area contributed by atoms with Gasteiger partial charge in [0, 0.05) is 22.6 Å². The molecule has 1 fully saturated rings. The summed E-state index contributed by atoms with van der Waals surface area (Å²) in [6.45, 7) is 6.54. The zero-order chi connectivity index (χ0) is 26.1. The third-order valence-corrected chi connectivity index (χ3v) is 7.65. The van der Waals surface area contributed by atoms with Gasteiger partial charge in [0.2, 0.25) is 0 Å². The lowest BCUT2D eigenvalue weighted by Crippen LogP contribution is -2.46. The van der Waals surface area contributed by atoms with Gasteiger partial charge in [-0.1, -0.05) is 42.1 Å². The molecule has 8 nitrogen and oxygen atoms in total. The van der Waals surface area contributed by atoms with Crippen molar-refractivity contribution in [1.82, 2.24) is 4.90 Å². The number of thioether (sulfide) groups is 1. The first-order valence-corrected chi connectivity index (χ1v) is 13.0. The molecule has 0 radical (unpaired) electrons. The number of furan rings is 1. The molecule has 2 aromatic carbocycles. The Labute approximate surface area is 219 Å². The first-order chi connectivity index (χ1) is 17.9. The number of nitrogens with zero attached hydrogens (tertiary/aromatic N) is 3. The summed E-state index contributed by atoms with van der Waals surface area (Å²) < 4.78 is 11.5. The number of ether oxygens (including phenoxy) is 1. The molecule has 3 unspecified atom stereocenters. The van der Waals surface area contributed by atoms with Gasteiger partial charge in [-0.3, -0.25) is 19.9 Å². The van der Waals surface area contributed by atoms with E-state index in [2.05, 4.69) is 4.90 Å². The lowest BCUT2D eigenvalue weighted by molar-refractivity contribution is -0.384. The molecule has 0 spiro atoms. The fourth-order valence-corrected chi connectivity index (χ4v) is 6.05. The van der Waals surface area contributed by atoms with Gasteiger partial charge in [0.15, 0.2) is 5.17 Å². The van der Waals surface area contributed by atoms with Crippen molar-refractivity contribution in [2.75, 3.05) is 13.2 Å². The Morgan fingerprint density at radius 3 is 2.73 bits per heavy atom. The van der Waals surface area contributed by atoms with Crippen LogP contribution in [0.15, 0.2) is 75.0 Å². The number of non-ortho nitro benzene ring substituents is 1. The van der Waals surface area contributed by atoms with Gasteiger partial charge < -0.3 is 14.1 Å². The molecule has 9 heteroatoms. The number of nitro benzene ring substituents is 1. The Morgan fingerprint density at radius 1 is 1.24 bits per heavy atom. The van der Waals surface area contributed by atoms with E-state index >= 15 is 0 Å². The predicted molar refractivity (Wildman–Crippen MR) is 144 cm³/mol. The van der Waals surface area contributed by atoms with Crippen LogP contribution in [0.25, 0.3) is 17.4 Å². The van der Waals surface area contributed by atoms with Crippen molar-refractivity contribution >= 4 is 34.7 Å². The van der Waals surface area contributed by atoms with Gasteiger partial charge in [-0.25, -0.2) is 0 Å². The molecule has 5 rings (SSSR count). The molecule has 0 N–H and O–H groups in total. The topological polar surface area (TPSA) is 98.2 Å². The lowest BCUT2D eigenvalue weighted by atomic mass is 9.85. The Hall–Kier alpha value is -3.85. The smallest absolute Gasteiger partial charge is 0.313 e. The molecule has 0 amide bonds. The Bertz CT molecular complexity index is 1400. The number of amidine groups is 1. The number of fused-ring (bicyclic) bond motifs is 1. The number of hydrogen-bond donors (Lipinski definition) is 0. The molecule has 3 aromatic rings. The summed E-state index contributed by atoms with van der Waals surface area (Å²) in [5.41, 5.74) is 2.69. The number of aryl methyl sites for hydroxylation is 1. The molecule has 2 aliphatic rings. The molecular weight excluding hydrogens is 490 g/mol. The molecule has 37 heavy (non-hydrogen) atoms. The van der Waals surface area contributed by atoms with Crippen LogP contribution in [0, 0.1) is 23.0 Å². The Kier molecular flexibility index (Phi) is 6.88. The number of benzene rings is 2. The van der Waals surface area contributed by atoms with E-state index in [0.29, 0.717) is 24.7 Å². The average molecular weight is 518 g/mol. The fraction of sp³-hybridized carbons (Fsp3) is 0.286. The summed E-state index contributed by atoms with van der Waals surface area (Å²) in [6, 6.07) is 18.1. The first kappa shape index (κ1) is 24.8. The maximum atomic E-state index is 13.0. The van der Waals surface area contributed by atoms with Gasteiger partial charge in [0.1, 0.15) is 17.4 Å². The van der Waals surface area contributed by atoms with E-state index in [9.17, 15) is 14.9 Å². The van der Waals surface area contributed by atoms with Gasteiger partial charge in [0.05, 0.1) is 30.2 Å². The number of hydrogen-bond acceptors (Lipinski definition) is 8. The summed E-state index contributed by atoms with van der Waals surface area (Å²) in [5.74, 6) is 0.687. The highest BCUT2D eigenvalue weighted by atomic mass is 32.2. The number of nitro groups is 1. The van der Waals surface area contributed by atoms with Crippen LogP contribution in [0.3, 0.4) is 0 Å². The van der Waals surface area contributed by atoms with Crippen LogP contribution >= 0.6 is 11.8 Å². The van der Waals surface area contributed by atoms with E-state index < -0.39 is 10.8 Å². The van der Waals surface area contributed by atoms with Crippen LogP contribution in [-0.2, 0) is 9.53 Å². The van der Waals surface area contributed by atoms with E-state index in [4.69, 9.17) is 14.1 Å². The summed E-state index contributed by atoms with van der Waals surface area (Å²) in [6.07, 6.45) is 1.99. The molecule has 3 heterocycles. The second-order valence-electron chi connectivity index (χ2n) is 9.08. The van der Waals surface area contributed by atoms with E-state index in [1.807, 2.05) is 69.3 Å². The van der Waals surface area contributed by atoms with Crippen molar-refractivity contribution < 1.29 is 18.9 Å². The van der Waals surface area contributed by atoms with E-state index in [0.717, 1.165) is 26.8 Å². The van der Waals surface area contributed by atoms with Crippen molar-refractivity contribution in [2.45, 2.75) is 32.9 Å². The number of esters is 1. The van der Waals surface area contributed by atoms with Gasteiger partial charge >= 0.3 is 5.97 Å². The van der Waals surface area contributed by atoms with Crippen molar-refractivity contribution in [3.05, 3.63) is 92.6 Å². The molecule has 0 aliphatic carbocycles. The maximum absolute atomic E-state index is 13.0. The normalized spacial score (nSPS) is 22.0. The number of carbonyl (C=O) groups excluding carboxylic acids is 1. The standard InChI is InChI=1S/C28H27N3O5S/c1-4-35-27(32)25-18(3)29-28-30(26(25)19-8-6-5-7-9-19)16-22(37-28)15-21-11-13-24(36-21)23-12-10-20(31(33)34)14-17(23)2/h5-15,18,25-26H,4,16H2,1-3H3/b22-15-. The summed E-state index contributed by atoms with van der Waals surface area (Å²) in [7, 11) is 0. The highest BCUT2D eigenvalue weighted by molar-refractivity contribution is 8.17. The van der Waals surface area contributed by atoms with Crippen LogP contribution in [0.1, 0.15) is 36.8 Å². The highest BCUT2D eigenvalue weighted by Crippen LogP contribution is 2.45. The minimum Gasteiger partial charge on any atom is -0.466 e. The summed E-state index contributed by atoms with van der Waals surface area (Å²) >= 11 is 1.58.